The van der Waals surface area contributed by atoms with Crippen molar-refractivity contribution < 1.29 is 45.3 Å². The van der Waals surface area contributed by atoms with Gasteiger partial charge in [-0.15, -0.1) is 0 Å². The molecule has 18 heteroatoms. The highest BCUT2D eigenvalue weighted by Crippen LogP contribution is 2.44. The minimum atomic E-state index is -4.66. The van der Waals surface area contributed by atoms with E-state index in [1.54, 1.807) is 0 Å². The van der Waals surface area contributed by atoms with Crippen LogP contribution in [-0.2, 0) is 4.74 Å². The number of nitrogens with zero attached hydrogens (tertiary/aromatic N) is 6. The molecule has 0 radical (unpaired) electrons. The Kier molecular flexibility index (Phi) is 7.77. The molecule has 1 saturated heterocycles. The molecule has 2 N–H and O–H groups in total. The third-order valence-electron chi connectivity index (χ3n) is 7.62. The number of methoxy groups -OCH3 is 1. The van der Waals surface area contributed by atoms with Gasteiger partial charge in [0.1, 0.15) is 11.7 Å². The number of fused-ring (bicyclic) bond motifs is 1. The third kappa shape index (κ3) is 6.23. The maximum atomic E-state index is 13.9. The van der Waals surface area contributed by atoms with Gasteiger partial charge in [-0.2, -0.15) is 31.4 Å². The molecule has 1 aliphatic carbocycles. The van der Waals surface area contributed by atoms with E-state index in [1.165, 1.54) is 30.1 Å². The Balaban J connectivity index is 1.46. The lowest BCUT2D eigenvalue weighted by Gasteiger charge is -2.31. The van der Waals surface area contributed by atoms with Crippen LogP contribution in [0.1, 0.15) is 78.6 Å². The van der Waals surface area contributed by atoms with Gasteiger partial charge in [0.05, 0.1) is 48.7 Å². The Morgan fingerprint density at radius 2 is 1.93 bits per heavy atom. The lowest BCUT2D eigenvalue weighted by atomic mass is 9.84. The molecule has 0 aromatic carbocycles. The first-order valence-corrected chi connectivity index (χ1v) is 13.3. The molecular weight excluding hydrogens is 590 g/mol. The van der Waals surface area contributed by atoms with Gasteiger partial charge in [0.25, 0.3) is 5.91 Å². The fraction of sp³-hybridized carbons (Fsp3) is 0.600. The fourth-order valence-electron chi connectivity index (χ4n) is 4.86. The first kappa shape index (κ1) is 30.5. The minimum absolute atomic E-state index is 0.0148. The quantitative estimate of drug-likeness (QED) is 0.324. The highest BCUT2D eigenvalue weighted by Gasteiger charge is 2.50. The molecule has 5 rings (SSSR count). The van der Waals surface area contributed by atoms with E-state index >= 15 is 0 Å². The van der Waals surface area contributed by atoms with Crippen molar-refractivity contribution in [2.24, 2.45) is 5.41 Å². The molecule has 234 valence electrons. The Labute approximate surface area is 240 Å². The lowest BCUT2D eigenvalue weighted by Crippen LogP contribution is -2.40. The Bertz CT molecular complexity index is 1500. The predicted octanol–water partition coefficient (Wildman–Crippen LogP) is 4.08. The van der Waals surface area contributed by atoms with E-state index in [2.05, 4.69) is 25.7 Å². The van der Waals surface area contributed by atoms with Crippen LogP contribution in [-0.4, -0.2) is 80.4 Å². The van der Waals surface area contributed by atoms with Crippen LogP contribution in [0.4, 0.5) is 31.1 Å². The topological polar surface area (TPSA) is 140 Å². The number of hydrogen-bond acceptors (Lipinski definition) is 8. The van der Waals surface area contributed by atoms with Crippen molar-refractivity contribution in [2.75, 3.05) is 20.3 Å². The van der Waals surface area contributed by atoms with Crippen molar-refractivity contribution >= 4 is 17.6 Å². The van der Waals surface area contributed by atoms with E-state index in [4.69, 9.17) is 9.37 Å². The third-order valence-corrected chi connectivity index (χ3v) is 7.62. The Morgan fingerprint density at radius 1 is 1.21 bits per heavy atom. The summed E-state index contributed by atoms with van der Waals surface area (Å²) in [6.45, 7) is 1.16. The molecule has 43 heavy (non-hydrogen) atoms. The van der Waals surface area contributed by atoms with Gasteiger partial charge in [-0.3, -0.25) is 4.79 Å². The van der Waals surface area contributed by atoms with Crippen molar-refractivity contribution in [3.8, 4) is 0 Å². The number of imidazole rings is 1. The zero-order chi connectivity index (χ0) is 31.3. The van der Waals surface area contributed by atoms with Crippen LogP contribution in [0.25, 0.3) is 5.65 Å². The van der Waals surface area contributed by atoms with Gasteiger partial charge >= 0.3 is 18.4 Å². The summed E-state index contributed by atoms with van der Waals surface area (Å²) in [6, 6.07) is -3.82. The van der Waals surface area contributed by atoms with Gasteiger partial charge in [0, 0.05) is 18.6 Å². The van der Waals surface area contributed by atoms with Gasteiger partial charge in [0.2, 0.25) is 0 Å². The summed E-state index contributed by atoms with van der Waals surface area (Å²) in [5.41, 5.74) is -1.60. The molecule has 12 nitrogen and oxygen atoms in total. The molecule has 0 bridgehead atoms. The van der Waals surface area contributed by atoms with Crippen molar-refractivity contribution in [2.45, 2.75) is 69.5 Å². The van der Waals surface area contributed by atoms with Crippen LogP contribution >= 0.6 is 0 Å². The highest BCUT2D eigenvalue weighted by atomic mass is 19.4. The first-order valence-electron chi connectivity index (χ1n) is 13.3. The van der Waals surface area contributed by atoms with Crippen LogP contribution in [0.2, 0.25) is 0 Å². The molecule has 3 amide bonds. The van der Waals surface area contributed by atoms with Crippen molar-refractivity contribution in [1.29, 1.82) is 0 Å². The number of urea groups is 1. The van der Waals surface area contributed by atoms with Gasteiger partial charge in [-0.25, -0.2) is 18.9 Å². The minimum Gasteiger partial charge on any atom is -0.382 e. The van der Waals surface area contributed by atoms with Gasteiger partial charge < -0.3 is 20.3 Å². The number of nitrogens with one attached hydrogen (secondary N) is 2. The summed E-state index contributed by atoms with van der Waals surface area (Å²) in [5.74, 6) is -0.796. The molecule has 2 aliphatic rings. The molecule has 4 heterocycles. The summed E-state index contributed by atoms with van der Waals surface area (Å²) in [6.07, 6.45) is -5.68. The number of aromatic nitrogens is 5. The summed E-state index contributed by atoms with van der Waals surface area (Å²) >= 11 is 0. The van der Waals surface area contributed by atoms with E-state index in [1.807, 2.05) is 5.32 Å². The standard InChI is InChI=1S/C25H28F6N8O4/c1-23(2,25(29,30)31)7-14(34-21(40)20-19(12-4-5-12)36-43-37-20)15-9-39-18(33-15)6-13(8-32-39)16(11-42-3)38-10-17(24(26,27)28)35-22(38)41/h6,8-9,12,14,16-17H,4-5,7,10-11H2,1-3H3,(H,34,40)(H,35,41)/t14-,16+,17-/m0/s1. The van der Waals surface area contributed by atoms with E-state index in [-0.39, 0.29) is 35.1 Å². The normalized spacial score (nSPS) is 19.5. The molecule has 3 aromatic rings. The molecular formula is C25H28F6N8O4. The average molecular weight is 619 g/mol. The zero-order valence-corrected chi connectivity index (χ0v) is 23.2. The summed E-state index contributed by atoms with van der Waals surface area (Å²) in [7, 11) is 1.32. The number of amides is 3. The molecule has 0 spiro atoms. The monoisotopic (exact) mass is 618 g/mol. The van der Waals surface area contributed by atoms with E-state index in [9.17, 15) is 35.9 Å². The number of halogens is 6. The van der Waals surface area contributed by atoms with E-state index in [0.717, 1.165) is 31.6 Å². The highest BCUT2D eigenvalue weighted by molar-refractivity contribution is 5.93. The smallest absolute Gasteiger partial charge is 0.382 e. The van der Waals surface area contributed by atoms with Crippen LogP contribution in [0.15, 0.2) is 23.1 Å². The van der Waals surface area contributed by atoms with Gasteiger partial charge in [0.15, 0.2) is 11.3 Å². The van der Waals surface area contributed by atoms with E-state index < -0.39 is 60.8 Å². The summed E-state index contributed by atoms with van der Waals surface area (Å²) in [5, 5.41) is 16.1. The lowest BCUT2D eigenvalue weighted by molar-refractivity contribution is -0.215. The maximum Gasteiger partial charge on any atom is 0.410 e. The number of rotatable bonds is 10. The predicted molar refractivity (Wildman–Crippen MR) is 134 cm³/mol. The largest absolute Gasteiger partial charge is 0.410 e. The molecule has 3 aromatic heterocycles. The van der Waals surface area contributed by atoms with Gasteiger partial charge in [-0.1, -0.05) is 19.0 Å². The fourth-order valence-corrected chi connectivity index (χ4v) is 4.86. The van der Waals surface area contributed by atoms with Crippen molar-refractivity contribution in [3.05, 3.63) is 41.1 Å². The molecule has 1 saturated carbocycles. The molecule has 0 unspecified atom stereocenters. The Hall–Kier alpha value is -3.96. The van der Waals surface area contributed by atoms with Gasteiger partial charge in [-0.05, 0) is 30.5 Å². The number of hydrogen-bond donors (Lipinski definition) is 2. The molecule has 1 aliphatic heterocycles. The van der Waals surface area contributed by atoms with Crippen molar-refractivity contribution in [1.82, 2.24) is 40.4 Å². The number of carbonyl (C=O) groups is 2. The molecule has 2 fully saturated rings. The second-order valence-corrected chi connectivity index (χ2v) is 11.3. The first-order chi connectivity index (χ1) is 20.1. The second-order valence-electron chi connectivity index (χ2n) is 11.3. The number of carbonyl (C=O) groups excluding carboxylic acids is 2. The van der Waals surface area contributed by atoms with Crippen LogP contribution in [0.3, 0.4) is 0 Å². The summed E-state index contributed by atoms with van der Waals surface area (Å²) < 4.78 is 92.6. The number of alkyl halides is 6. The maximum absolute atomic E-state index is 13.9. The van der Waals surface area contributed by atoms with E-state index in [0.29, 0.717) is 5.69 Å². The summed E-state index contributed by atoms with van der Waals surface area (Å²) in [4.78, 5) is 30.9. The molecule has 3 atom stereocenters. The van der Waals surface area contributed by atoms with Crippen molar-refractivity contribution in [3.63, 3.8) is 0 Å². The van der Waals surface area contributed by atoms with Crippen LogP contribution < -0.4 is 10.6 Å². The average Bonchev–Trinajstić information content (AvgIpc) is 3.30. The SMILES string of the molecule is COC[C@H](c1cnn2cc([C@H](CC(C)(C)C(F)(F)F)NC(=O)c3nonc3C3CC3)nc2c1)N1C[C@@H](C(F)(F)F)NC1=O. The second kappa shape index (κ2) is 10.9. The Morgan fingerprint density at radius 3 is 2.53 bits per heavy atom. The van der Waals surface area contributed by atoms with Crippen LogP contribution in [0.5, 0.6) is 0 Å². The van der Waals surface area contributed by atoms with Crippen LogP contribution in [0, 0.1) is 5.41 Å². The zero-order valence-electron chi connectivity index (χ0n) is 23.2. The number of ether oxygens (including phenoxy) is 1.